The summed E-state index contributed by atoms with van der Waals surface area (Å²) in [5, 5.41) is 19.8. The van der Waals surface area contributed by atoms with E-state index in [0.717, 1.165) is 19.3 Å². The molecule has 148 valence electrons. The average molecular weight is 380 g/mol. The molecule has 2 rings (SSSR count). The first-order valence-electron chi connectivity index (χ1n) is 10.1. The molecule has 0 saturated heterocycles. The Bertz CT molecular complexity index is 887. The van der Waals surface area contributed by atoms with Crippen molar-refractivity contribution < 1.29 is 19.8 Å². The SMILES string of the molecule is CCCCCCCCCCC#Cc1ccc2cc(C(=O)O)ccc2c1C(=O)O. The molecule has 0 saturated carbocycles. The number of hydrogen-bond donors (Lipinski definition) is 2. The fourth-order valence-corrected chi connectivity index (χ4v) is 3.30. The molecule has 0 spiro atoms. The van der Waals surface area contributed by atoms with E-state index in [1.165, 1.54) is 50.7 Å². The van der Waals surface area contributed by atoms with Crippen molar-refractivity contribution in [2.45, 2.75) is 64.7 Å². The fraction of sp³-hybridized carbons (Fsp3) is 0.417. The van der Waals surface area contributed by atoms with E-state index in [2.05, 4.69) is 18.8 Å². The van der Waals surface area contributed by atoms with E-state index in [1.54, 1.807) is 18.2 Å². The van der Waals surface area contributed by atoms with Gasteiger partial charge in [-0.15, -0.1) is 0 Å². The average Bonchev–Trinajstić information content (AvgIpc) is 2.68. The summed E-state index contributed by atoms with van der Waals surface area (Å²) in [5.74, 6) is 4.01. The van der Waals surface area contributed by atoms with Crippen LogP contribution in [0.15, 0.2) is 30.3 Å². The summed E-state index contributed by atoms with van der Waals surface area (Å²) in [4.78, 5) is 22.9. The van der Waals surface area contributed by atoms with Gasteiger partial charge in [0.2, 0.25) is 0 Å². The molecule has 0 aliphatic heterocycles. The first-order valence-corrected chi connectivity index (χ1v) is 10.1. The van der Waals surface area contributed by atoms with Gasteiger partial charge < -0.3 is 10.2 Å². The Morgan fingerprint density at radius 1 is 0.857 bits per heavy atom. The number of carbonyl (C=O) groups is 2. The van der Waals surface area contributed by atoms with Crippen molar-refractivity contribution in [3.8, 4) is 11.8 Å². The van der Waals surface area contributed by atoms with Crippen LogP contribution >= 0.6 is 0 Å². The van der Waals surface area contributed by atoms with Gasteiger partial charge in [0.1, 0.15) is 0 Å². The van der Waals surface area contributed by atoms with Gasteiger partial charge in [-0.3, -0.25) is 0 Å². The third-order valence-corrected chi connectivity index (χ3v) is 4.86. The molecule has 2 aromatic rings. The Morgan fingerprint density at radius 3 is 2.18 bits per heavy atom. The smallest absolute Gasteiger partial charge is 0.337 e. The number of hydrogen-bond acceptors (Lipinski definition) is 2. The second-order valence-corrected chi connectivity index (χ2v) is 7.06. The van der Waals surface area contributed by atoms with Gasteiger partial charge in [0.05, 0.1) is 11.1 Å². The molecular formula is C24H28O4. The van der Waals surface area contributed by atoms with Crippen LogP contribution in [0.25, 0.3) is 10.8 Å². The van der Waals surface area contributed by atoms with Crippen LogP contribution in [0.3, 0.4) is 0 Å². The minimum Gasteiger partial charge on any atom is -0.478 e. The second-order valence-electron chi connectivity index (χ2n) is 7.06. The van der Waals surface area contributed by atoms with Gasteiger partial charge in [-0.1, -0.05) is 75.8 Å². The van der Waals surface area contributed by atoms with E-state index in [4.69, 9.17) is 5.11 Å². The van der Waals surface area contributed by atoms with Crippen LogP contribution in [0.4, 0.5) is 0 Å². The minimum absolute atomic E-state index is 0.136. The number of carboxylic acid groups (broad SMARTS) is 2. The maximum Gasteiger partial charge on any atom is 0.337 e. The Morgan fingerprint density at radius 2 is 1.54 bits per heavy atom. The van der Waals surface area contributed by atoms with Gasteiger partial charge >= 0.3 is 11.9 Å². The second kappa shape index (κ2) is 11.1. The lowest BCUT2D eigenvalue weighted by atomic mass is 9.97. The van der Waals surface area contributed by atoms with Crippen molar-refractivity contribution in [1.29, 1.82) is 0 Å². The van der Waals surface area contributed by atoms with Crippen LogP contribution in [-0.4, -0.2) is 22.2 Å². The summed E-state index contributed by atoms with van der Waals surface area (Å²) < 4.78 is 0. The molecule has 0 unspecified atom stereocenters. The van der Waals surface area contributed by atoms with Crippen molar-refractivity contribution >= 4 is 22.7 Å². The lowest BCUT2D eigenvalue weighted by Crippen LogP contribution is -2.03. The molecule has 4 nitrogen and oxygen atoms in total. The van der Waals surface area contributed by atoms with E-state index in [9.17, 15) is 14.7 Å². The largest absolute Gasteiger partial charge is 0.478 e. The molecule has 0 aliphatic carbocycles. The first-order chi connectivity index (χ1) is 13.5. The predicted molar refractivity (Wildman–Crippen MR) is 112 cm³/mol. The third kappa shape index (κ3) is 6.13. The molecule has 0 fully saturated rings. The zero-order valence-electron chi connectivity index (χ0n) is 16.5. The number of rotatable bonds is 10. The number of unbranched alkanes of at least 4 members (excludes halogenated alkanes) is 8. The van der Waals surface area contributed by atoms with E-state index >= 15 is 0 Å². The standard InChI is InChI=1S/C24H28O4/c1-2-3-4-5-6-7-8-9-10-11-12-18-13-14-19-17-20(23(25)26)15-16-21(19)22(18)24(27)28/h13-17H,2-10H2,1H3,(H,25,26)(H,27,28). The Hall–Kier alpha value is -2.80. The quantitative estimate of drug-likeness (QED) is 0.385. The van der Waals surface area contributed by atoms with Gasteiger partial charge in [-0.05, 0) is 35.4 Å². The summed E-state index contributed by atoms with van der Waals surface area (Å²) in [6, 6.07) is 7.86. The number of fused-ring (bicyclic) bond motifs is 1. The van der Waals surface area contributed by atoms with Crippen LogP contribution in [0.2, 0.25) is 0 Å². The number of aromatic carboxylic acids is 2. The highest BCUT2D eigenvalue weighted by Gasteiger charge is 2.14. The van der Waals surface area contributed by atoms with Gasteiger partial charge in [0.15, 0.2) is 0 Å². The van der Waals surface area contributed by atoms with Crippen molar-refractivity contribution in [2.75, 3.05) is 0 Å². The molecule has 0 aromatic heterocycles. The molecule has 0 aliphatic rings. The Balaban J connectivity index is 2.00. The molecular weight excluding hydrogens is 352 g/mol. The molecule has 28 heavy (non-hydrogen) atoms. The first kappa shape index (κ1) is 21.5. The molecule has 2 aromatic carbocycles. The monoisotopic (exact) mass is 380 g/mol. The third-order valence-electron chi connectivity index (χ3n) is 4.86. The van der Waals surface area contributed by atoms with Crippen LogP contribution in [0.1, 0.15) is 91.0 Å². The molecule has 0 atom stereocenters. The number of carboxylic acids is 2. The summed E-state index contributed by atoms with van der Waals surface area (Å²) >= 11 is 0. The normalized spacial score (nSPS) is 10.5. The van der Waals surface area contributed by atoms with Crippen LogP contribution in [0.5, 0.6) is 0 Å². The Kier molecular flexibility index (Phi) is 8.55. The van der Waals surface area contributed by atoms with E-state index in [1.807, 2.05) is 0 Å². The minimum atomic E-state index is -1.05. The van der Waals surface area contributed by atoms with Crippen LogP contribution < -0.4 is 0 Å². The van der Waals surface area contributed by atoms with Crippen molar-refractivity contribution in [2.24, 2.45) is 0 Å². The van der Waals surface area contributed by atoms with Gasteiger partial charge in [0.25, 0.3) is 0 Å². The van der Waals surface area contributed by atoms with Crippen molar-refractivity contribution in [3.63, 3.8) is 0 Å². The van der Waals surface area contributed by atoms with Crippen molar-refractivity contribution in [1.82, 2.24) is 0 Å². The topological polar surface area (TPSA) is 74.6 Å². The van der Waals surface area contributed by atoms with E-state index in [0.29, 0.717) is 16.3 Å². The lowest BCUT2D eigenvalue weighted by Gasteiger charge is -2.06. The summed E-state index contributed by atoms with van der Waals surface area (Å²) in [6.45, 7) is 2.22. The molecule has 4 heteroatoms. The maximum atomic E-state index is 11.8. The fourth-order valence-electron chi connectivity index (χ4n) is 3.30. The van der Waals surface area contributed by atoms with Gasteiger partial charge in [-0.25, -0.2) is 9.59 Å². The highest BCUT2D eigenvalue weighted by atomic mass is 16.4. The molecule has 0 radical (unpaired) electrons. The van der Waals surface area contributed by atoms with Crippen molar-refractivity contribution in [3.05, 3.63) is 47.0 Å². The molecule has 0 bridgehead atoms. The lowest BCUT2D eigenvalue weighted by molar-refractivity contribution is 0.0688. The molecule has 0 heterocycles. The number of benzene rings is 2. The zero-order valence-corrected chi connectivity index (χ0v) is 16.5. The summed E-state index contributed by atoms with van der Waals surface area (Å²) in [7, 11) is 0. The van der Waals surface area contributed by atoms with Gasteiger partial charge in [0, 0.05) is 12.0 Å². The highest BCUT2D eigenvalue weighted by molar-refractivity contribution is 6.07. The molecule has 0 amide bonds. The van der Waals surface area contributed by atoms with Gasteiger partial charge in [-0.2, -0.15) is 0 Å². The van der Waals surface area contributed by atoms with Crippen LogP contribution in [-0.2, 0) is 0 Å². The molecule has 2 N–H and O–H groups in total. The maximum absolute atomic E-state index is 11.8. The Labute approximate surface area is 166 Å². The zero-order chi connectivity index (χ0) is 20.4. The van der Waals surface area contributed by atoms with E-state index in [-0.39, 0.29) is 11.1 Å². The highest BCUT2D eigenvalue weighted by Crippen LogP contribution is 2.24. The van der Waals surface area contributed by atoms with Crippen LogP contribution in [0, 0.1) is 11.8 Å². The summed E-state index contributed by atoms with van der Waals surface area (Å²) in [6.07, 6.45) is 10.7. The predicted octanol–water partition coefficient (Wildman–Crippen LogP) is 6.12. The summed E-state index contributed by atoms with van der Waals surface area (Å²) in [5.41, 5.74) is 0.748. The van der Waals surface area contributed by atoms with E-state index < -0.39 is 11.9 Å².